The van der Waals surface area contributed by atoms with E-state index in [4.69, 9.17) is 16.3 Å². The van der Waals surface area contributed by atoms with Crippen LogP contribution in [-0.2, 0) is 17.6 Å². The van der Waals surface area contributed by atoms with Crippen LogP contribution in [0.2, 0.25) is 0 Å². The molecule has 1 heterocycles. The molecule has 0 radical (unpaired) electrons. The van der Waals surface area contributed by atoms with Crippen LogP contribution >= 0.6 is 11.6 Å². The predicted octanol–water partition coefficient (Wildman–Crippen LogP) is 3.12. The fourth-order valence-electron chi connectivity index (χ4n) is 4.08. The third-order valence-corrected chi connectivity index (χ3v) is 6.19. The molecule has 5 unspecified atom stereocenters. The van der Waals surface area contributed by atoms with Gasteiger partial charge in [-0.15, -0.1) is 0 Å². The maximum atomic E-state index is 10.5. The number of allylic oxidation sites excluding steroid dienone is 3. The van der Waals surface area contributed by atoms with Gasteiger partial charge in [0.1, 0.15) is 6.10 Å². The minimum atomic E-state index is -0.996. The number of aryl methyl sites for hydroxylation is 1. The van der Waals surface area contributed by atoms with E-state index in [2.05, 4.69) is 31.2 Å². The van der Waals surface area contributed by atoms with Gasteiger partial charge in [-0.3, -0.25) is 0 Å². The van der Waals surface area contributed by atoms with Crippen LogP contribution in [0.5, 0.6) is 0 Å². The number of aliphatic hydroxyl groups is 3. The Bertz CT molecular complexity index is 712. The first-order valence-electron chi connectivity index (χ1n) is 9.63. The number of ether oxygens (including phenoxy) is 1. The first-order chi connectivity index (χ1) is 12.9. The van der Waals surface area contributed by atoms with Crippen molar-refractivity contribution < 1.29 is 20.1 Å². The van der Waals surface area contributed by atoms with Gasteiger partial charge in [-0.25, -0.2) is 0 Å². The van der Waals surface area contributed by atoms with E-state index in [1.807, 2.05) is 19.1 Å². The second kappa shape index (κ2) is 8.46. The van der Waals surface area contributed by atoms with Crippen molar-refractivity contribution in [1.29, 1.82) is 0 Å². The van der Waals surface area contributed by atoms with Crippen LogP contribution in [0.25, 0.3) is 0 Å². The number of hydrogen-bond acceptors (Lipinski definition) is 4. The maximum absolute atomic E-state index is 10.5. The third kappa shape index (κ3) is 4.47. The topological polar surface area (TPSA) is 69.9 Å². The predicted molar refractivity (Wildman–Crippen MR) is 107 cm³/mol. The Morgan fingerprint density at radius 2 is 1.85 bits per heavy atom. The molecule has 27 heavy (non-hydrogen) atoms. The molecule has 4 nitrogen and oxygen atoms in total. The number of aliphatic hydroxyl groups excluding tert-OH is 3. The molecule has 0 amide bonds. The molecule has 0 bridgehead atoms. The van der Waals surface area contributed by atoms with E-state index in [0.29, 0.717) is 6.42 Å². The lowest BCUT2D eigenvalue weighted by atomic mass is 9.71. The first kappa shape index (κ1) is 20.6. The SMILES string of the molecule is CCc1ccc(CC2=C(Cl)C=CC(C)(C3OC(CO)CC(O)C3O)C2)cc1. The van der Waals surface area contributed by atoms with E-state index in [1.54, 1.807) is 0 Å². The maximum Gasteiger partial charge on any atom is 0.107 e. The van der Waals surface area contributed by atoms with Crippen molar-refractivity contribution in [3.05, 3.63) is 58.1 Å². The van der Waals surface area contributed by atoms with Crippen LogP contribution in [0.4, 0.5) is 0 Å². The van der Waals surface area contributed by atoms with Gasteiger partial charge >= 0.3 is 0 Å². The summed E-state index contributed by atoms with van der Waals surface area (Å²) in [5.74, 6) is 0. The van der Waals surface area contributed by atoms with Gasteiger partial charge in [-0.1, -0.05) is 55.8 Å². The summed E-state index contributed by atoms with van der Waals surface area (Å²) < 4.78 is 5.95. The van der Waals surface area contributed by atoms with Gasteiger partial charge < -0.3 is 20.1 Å². The van der Waals surface area contributed by atoms with Crippen LogP contribution in [0.15, 0.2) is 47.0 Å². The molecule has 0 spiro atoms. The van der Waals surface area contributed by atoms with Crippen LogP contribution in [-0.4, -0.2) is 46.3 Å². The zero-order valence-corrected chi connectivity index (χ0v) is 16.7. The summed E-state index contributed by atoms with van der Waals surface area (Å²) in [7, 11) is 0. The summed E-state index contributed by atoms with van der Waals surface area (Å²) in [6.07, 6.45) is 3.47. The first-order valence-corrected chi connectivity index (χ1v) is 10.0. The standard InChI is InChI=1S/C22H29ClO4/c1-3-14-4-6-15(7-5-14)10-16-12-22(2,9-8-18(16)23)21-20(26)19(25)11-17(13-24)27-21/h4-9,17,19-21,24-26H,3,10-13H2,1-2H3. The van der Waals surface area contributed by atoms with Crippen molar-refractivity contribution in [2.45, 2.75) is 63.9 Å². The van der Waals surface area contributed by atoms with E-state index in [0.717, 1.165) is 23.4 Å². The smallest absolute Gasteiger partial charge is 0.107 e. The minimum Gasteiger partial charge on any atom is -0.394 e. The van der Waals surface area contributed by atoms with Gasteiger partial charge in [0.2, 0.25) is 0 Å². The van der Waals surface area contributed by atoms with Crippen molar-refractivity contribution >= 4 is 11.6 Å². The molecule has 1 fully saturated rings. The Balaban J connectivity index is 1.79. The number of rotatable bonds is 5. The van der Waals surface area contributed by atoms with Crippen molar-refractivity contribution in [2.24, 2.45) is 5.41 Å². The Kier molecular flexibility index (Phi) is 6.44. The van der Waals surface area contributed by atoms with Crippen LogP contribution in [0, 0.1) is 5.41 Å². The molecule has 148 valence electrons. The molecule has 1 aromatic carbocycles. The molecule has 1 aliphatic heterocycles. The lowest BCUT2D eigenvalue weighted by Gasteiger charge is -2.46. The monoisotopic (exact) mass is 392 g/mol. The minimum absolute atomic E-state index is 0.173. The van der Waals surface area contributed by atoms with Crippen molar-refractivity contribution in [1.82, 2.24) is 0 Å². The lowest BCUT2D eigenvalue weighted by Crippen LogP contribution is -2.55. The van der Waals surface area contributed by atoms with Crippen molar-refractivity contribution in [3.8, 4) is 0 Å². The molecule has 5 atom stereocenters. The van der Waals surface area contributed by atoms with Crippen LogP contribution in [0.1, 0.15) is 37.8 Å². The van der Waals surface area contributed by atoms with Gasteiger partial charge in [-0.05, 0) is 42.0 Å². The highest BCUT2D eigenvalue weighted by Gasteiger charge is 2.47. The summed E-state index contributed by atoms with van der Waals surface area (Å²) in [4.78, 5) is 0. The molecule has 0 aromatic heterocycles. The third-order valence-electron chi connectivity index (χ3n) is 5.79. The fraction of sp³-hybridized carbons (Fsp3) is 0.545. The zero-order chi connectivity index (χ0) is 19.6. The number of hydrogen-bond donors (Lipinski definition) is 3. The summed E-state index contributed by atoms with van der Waals surface area (Å²) in [5, 5.41) is 30.9. The molecule has 3 rings (SSSR count). The summed E-state index contributed by atoms with van der Waals surface area (Å²) in [6.45, 7) is 3.97. The van der Waals surface area contributed by atoms with Gasteiger partial charge in [-0.2, -0.15) is 0 Å². The highest BCUT2D eigenvalue weighted by Crippen LogP contribution is 2.44. The molecular formula is C22H29ClO4. The average Bonchev–Trinajstić information content (AvgIpc) is 2.67. The molecular weight excluding hydrogens is 364 g/mol. The average molecular weight is 393 g/mol. The largest absolute Gasteiger partial charge is 0.394 e. The normalized spacial score (nSPS) is 34.1. The second-order valence-corrected chi connectivity index (χ2v) is 8.38. The summed E-state index contributed by atoms with van der Waals surface area (Å²) in [5.41, 5.74) is 3.07. The van der Waals surface area contributed by atoms with Gasteiger partial charge in [0.15, 0.2) is 0 Å². The van der Waals surface area contributed by atoms with E-state index in [9.17, 15) is 15.3 Å². The molecule has 5 heteroatoms. The fourth-order valence-corrected chi connectivity index (χ4v) is 4.28. The lowest BCUT2D eigenvalue weighted by molar-refractivity contribution is -0.204. The number of halogens is 1. The molecule has 1 saturated heterocycles. The van der Waals surface area contributed by atoms with Gasteiger partial charge in [0.05, 0.1) is 24.9 Å². The summed E-state index contributed by atoms with van der Waals surface area (Å²) in [6, 6.07) is 8.53. The molecule has 3 N–H and O–H groups in total. The Morgan fingerprint density at radius 3 is 2.48 bits per heavy atom. The Labute approximate surface area is 166 Å². The highest BCUT2D eigenvalue weighted by atomic mass is 35.5. The Morgan fingerprint density at radius 1 is 1.19 bits per heavy atom. The quantitative estimate of drug-likeness (QED) is 0.720. The molecule has 0 saturated carbocycles. The van der Waals surface area contributed by atoms with E-state index >= 15 is 0 Å². The molecule has 2 aliphatic rings. The number of benzene rings is 1. The van der Waals surface area contributed by atoms with E-state index < -0.39 is 29.8 Å². The van der Waals surface area contributed by atoms with Crippen LogP contribution in [0.3, 0.4) is 0 Å². The van der Waals surface area contributed by atoms with Crippen molar-refractivity contribution in [3.63, 3.8) is 0 Å². The molecule has 1 aromatic rings. The second-order valence-electron chi connectivity index (χ2n) is 7.97. The van der Waals surface area contributed by atoms with E-state index in [1.165, 1.54) is 11.1 Å². The van der Waals surface area contributed by atoms with E-state index in [-0.39, 0.29) is 13.0 Å². The van der Waals surface area contributed by atoms with Crippen LogP contribution < -0.4 is 0 Å². The van der Waals surface area contributed by atoms with Gasteiger partial charge in [0.25, 0.3) is 0 Å². The molecule has 1 aliphatic carbocycles. The summed E-state index contributed by atoms with van der Waals surface area (Å²) >= 11 is 6.48. The highest BCUT2D eigenvalue weighted by molar-refractivity contribution is 6.31. The zero-order valence-electron chi connectivity index (χ0n) is 15.9. The van der Waals surface area contributed by atoms with Gasteiger partial charge in [0, 0.05) is 16.9 Å². The Hall–Kier alpha value is -1.17. The van der Waals surface area contributed by atoms with Crippen molar-refractivity contribution in [2.75, 3.05) is 6.61 Å².